The van der Waals surface area contributed by atoms with Crippen LogP contribution in [-0.2, 0) is 4.79 Å². The predicted octanol–water partition coefficient (Wildman–Crippen LogP) is 2.71. The quantitative estimate of drug-likeness (QED) is 0.539. The number of anilines is 1. The van der Waals surface area contributed by atoms with E-state index in [-0.39, 0.29) is 22.9 Å². The molecule has 2 rings (SSSR count). The maximum absolute atomic E-state index is 12.3. The Morgan fingerprint density at radius 2 is 1.84 bits per heavy atom. The molecule has 1 unspecified atom stereocenters. The Morgan fingerprint density at radius 3 is 2.40 bits per heavy atom. The second kappa shape index (κ2) is 7.98. The molecule has 1 aromatic heterocycles. The number of nitrogens with one attached hydrogen (secondary N) is 2. The summed E-state index contributed by atoms with van der Waals surface area (Å²) in [5, 5.41) is 11.5. The highest BCUT2D eigenvalue weighted by molar-refractivity contribution is 8.00. The standard InChI is InChI=1S/C17H19N3O4S/c1-9(2)13-8-14(21)20-17(19-13)25-10(3)15(22)18-12-6-4-11(5-7-12)16(23)24/h4-10H,1-3H3,(H,18,22)(H,23,24)(H,19,20,21). The Kier molecular flexibility index (Phi) is 5.97. The molecule has 3 N–H and O–H groups in total. The highest BCUT2D eigenvalue weighted by Crippen LogP contribution is 2.21. The van der Waals surface area contributed by atoms with Gasteiger partial charge in [-0.15, -0.1) is 0 Å². The highest BCUT2D eigenvalue weighted by atomic mass is 32.2. The van der Waals surface area contributed by atoms with E-state index in [1.54, 1.807) is 6.92 Å². The van der Waals surface area contributed by atoms with E-state index in [1.165, 1.54) is 30.3 Å². The number of H-pyrrole nitrogens is 1. The molecule has 0 radical (unpaired) electrons. The average molecular weight is 361 g/mol. The van der Waals surface area contributed by atoms with Gasteiger partial charge in [-0.1, -0.05) is 25.6 Å². The minimum atomic E-state index is -1.03. The Balaban J connectivity index is 2.05. The minimum Gasteiger partial charge on any atom is -0.478 e. The van der Waals surface area contributed by atoms with Gasteiger partial charge >= 0.3 is 5.97 Å². The molecule has 1 amide bonds. The second-order valence-corrected chi connectivity index (χ2v) is 7.09. The first-order valence-electron chi connectivity index (χ1n) is 7.68. The van der Waals surface area contributed by atoms with Crippen LogP contribution in [0.15, 0.2) is 40.3 Å². The lowest BCUT2D eigenvalue weighted by atomic mass is 10.1. The fraction of sp³-hybridized carbons (Fsp3) is 0.294. The maximum atomic E-state index is 12.3. The van der Waals surface area contributed by atoms with Crippen molar-refractivity contribution >= 4 is 29.3 Å². The van der Waals surface area contributed by atoms with E-state index in [2.05, 4.69) is 15.3 Å². The molecule has 0 aliphatic carbocycles. The smallest absolute Gasteiger partial charge is 0.335 e. The van der Waals surface area contributed by atoms with Gasteiger partial charge in [0.2, 0.25) is 5.91 Å². The molecule has 0 saturated heterocycles. The van der Waals surface area contributed by atoms with Crippen LogP contribution in [0.25, 0.3) is 0 Å². The van der Waals surface area contributed by atoms with Gasteiger partial charge in [-0.05, 0) is 37.1 Å². The SMILES string of the molecule is CC(Sc1nc(C(C)C)cc(=O)[nH]1)C(=O)Nc1ccc(C(=O)O)cc1. The molecule has 2 aromatic rings. The van der Waals surface area contributed by atoms with Crippen molar-refractivity contribution in [2.75, 3.05) is 5.32 Å². The Morgan fingerprint density at radius 1 is 1.20 bits per heavy atom. The Hall–Kier alpha value is -2.61. The van der Waals surface area contributed by atoms with E-state index in [9.17, 15) is 14.4 Å². The molecule has 8 heteroatoms. The summed E-state index contributed by atoms with van der Waals surface area (Å²) in [6.45, 7) is 5.58. The fourth-order valence-corrected chi connectivity index (χ4v) is 2.78. The molecule has 7 nitrogen and oxygen atoms in total. The van der Waals surface area contributed by atoms with Crippen LogP contribution in [0.5, 0.6) is 0 Å². The molecule has 1 aromatic carbocycles. The zero-order valence-electron chi connectivity index (χ0n) is 14.1. The number of aromatic carboxylic acids is 1. The maximum Gasteiger partial charge on any atom is 0.335 e. The lowest BCUT2D eigenvalue weighted by Gasteiger charge is -2.12. The van der Waals surface area contributed by atoms with Gasteiger partial charge in [0.05, 0.1) is 16.5 Å². The summed E-state index contributed by atoms with van der Waals surface area (Å²) < 4.78 is 0. The molecular formula is C17H19N3O4S. The number of carbonyl (C=O) groups excluding carboxylic acids is 1. The lowest BCUT2D eigenvalue weighted by molar-refractivity contribution is -0.115. The van der Waals surface area contributed by atoms with Crippen molar-refractivity contribution in [3.63, 3.8) is 0 Å². The van der Waals surface area contributed by atoms with Crippen LogP contribution in [-0.4, -0.2) is 32.2 Å². The third kappa shape index (κ3) is 5.18. The molecule has 0 fully saturated rings. The summed E-state index contributed by atoms with van der Waals surface area (Å²) >= 11 is 1.15. The molecule has 1 atom stereocenters. The van der Waals surface area contributed by atoms with Crippen LogP contribution >= 0.6 is 11.8 Å². The lowest BCUT2D eigenvalue weighted by Crippen LogP contribution is -2.23. The molecule has 132 valence electrons. The van der Waals surface area contributed by atoms with Crippen molar-refractivity contribution in [2.24, 2.45) is 0 Å². The molecule has 0 aliphatic heterocycles. The van der Waals surface area contributed by atoms with Gasteiger partial charge in [-0.25, -0.2) is 9.78 Å². The minimum absolute atomic E-state index is 0.110. The number of benzene rings is 1. The average Bonchev–Trinajstić information content (AvgIpc) is 2.54. The summed E-state index contributed by atoms with van der Waals surface area (Å²) in [5.41, 5.74) is 1.06. The first-order chi connectivity index (χ1) is 11.8. The van der Waals surface area contributed by atoms with E-state index in [4.69, 9.17) is 5.11 Å². The Labute approximate surface area is 148 Å². The van der Waals surface area contributed by atoms with Gasteiger partial charge in [0.25, 0.3) is 5.56 Å². The molecular weight excluding hydrogens is 342 g/mol. The second-order valence-electron chi connectivity index (χ2n) is 5.76. The van der Waals surface area contributed by atoms with Crippen LogP contribution in [0.3, 0.4) is 0 Å². The highest BCUT2D eigenvalue weighted by Gasteiger charge is 2.17. The molecule has 0 bridgehead atoms. The molecule has 0 spiro atoms. The number of carboxylic acid groups (broad SMARTS) is 1. The van der Waals surface area contributed by atoms with Crippen molar-refractivity contribution in [3.05, 3.63) is 51.9 Å². The summed E-state index contributed by atoms with van der Waals surface area (Å²) in [6.07, 6.45) is 0. The number of carbonyl (C=O) groups is 2. The third-order valence-corrected chi connectivity index (χ3v) is 4.37. The van der Waals surface area contributed by atoms with Crippen molar-refractivity contribution < 1.29 is 14.7 Å². The van der Waals surface area contributed by atoms with Gasteiger partial charge in [-0.3, -0.25) is 9.59 Å². The van der Waals surface area contributed by atoms with E-state index < -0.39 is 11.2 Å². The van der Waals surface area contributed by atoms with Crippen LogP contribution in [0, 0.1) is 0 Å². The van der Waals surface area contributed by atoms with Crippen molar-refractivity contribution in [2.45, 2.75) is 37.1 Å². The van der Waals surface area contributed by atoms with E-state index in [0.29, 0.717) is 16.5 Å². The first kappa shape index (κ1) is 18.7. The number of rotatable bonds is 6. The summed E-state index contributed by atoms with van der Waals surface area (Å²) in [7, 11) is 0. The topological polar surface area (TPSA) is 112 Å². The van der Waals surface area contributed by atoms with Crippen LogP contribution in [0.1, 0.15) is 42.7 Å². The fourth-order valence-electron chi connectivity index (χ4n) is 1.97. The molecule has 0 aliphatic rings. The molecule has 0 saturated carbocycles. The monoisotopic (exact) mass is 361 g/mol. The zero-order chi connectivity index (χ0) is 18.6. The van der Waals surface area contributed by atoms with Crippen LogP contribution in [0.4, 0.5) is 5.69 Å². The number of hydrogen-bond acceptors (Lipinski definition) is 5. The first-order valence-corrected chi connectivity index (χ1v) is 8.56. The van der Waals surface area contributed by atoms with Gasteiger partial charge in [-0.2, -0.15) is 0 Å². The zero-order valence-corrected chi connectivity index (χ0v) is 14.9. The number of amides is 1. The number of hydrogen-bond donors (Lipinski definition) is 3. The summed E-state index contributed by atoms with van der Waals surface area (Å²) in [6, 6.07) is 7.34. The van der Waals surface area contributed by atoms with Crippen molar-refractivity contribution in [1.82, 2.24) is 9.97 Å². The Bertz CT molecular complexity index is 831. The van der Waals surface area contributed by atoms with Crippen LogP contribution in [0.2, 0.25) is 0 Å². The normalized spacial score (nSPS) is 12.0. The van der Waals surface area contributed by atoms with E-state index >= 15 is 0 Å². The van der Waals surface area contributed by atoms with Gasteiger partial charge in [0.15, 0.2) is 5.16 Å². The number of carboxylic acids is 1. The summed E-state index contributed by atoms with van der Waals surface area (Å²) in [4.78, 5) is 41.8. The largest absolute Gasteiger partial charge is 0.478 e. The van der Waals surface area contributed by atoms with E-state index in [0.717, 1.165) is 11.8 Å². The number of aromatic amines is 1. The summed E-state index contributed by atoms with van der Waals surface area (Å²) in [5.74, 6) is -1.19. The van der Waals surface area contributed by atoms with Crippen LogP contribution < -0.4 is 10.9 Å². The molecule has 25 heavy (non-hydrogen) atoms. The number of nitrogens with zero attached hydrogens (tertiary/aromatic N) is 1. The van der Waals surface area contributed by atoms with Gasteiger partial charge in [0, 0.05) is 11.8 Å². The predicted molar refractivity (Wildman–Crippen MR) is 96.3 cm³/mol. The van der Waals surface area contributed by atoms with Crippen molar-refractivity contribution in [3.8, 4) is 0 Å². The number of aromatic nitrogens is 2. The third-order valence-electron chi connectivity index (χ3n) is 3.39. The van der Waals surface area contributed by atoms with Gasteiger partial charge < -0.3 is 15.4 Å². The number of thioether (sulfide) groups is 1. The van der Waals surface area contributed by atoms with E-state index in [1.807, 2.05) is 13.8 Å². The van der Waals surface area contributed by atoms with Gasteiger partial charge in [0.1, 0.15) is 0 Å². The van der Waals surface area contributed by atoms with Crippen molar-refractivity contribution in [1.29, 1.82) is 0 Å². The molecule has 1 heterocycles.